The number of ether oxygens (including phenoxy) is 1. The standard InChI is InChI=1S/C13H19N3O3/c1-9-4-5-11(19-3)10(6-9)16-13(18)8-15-7-12(17)14-2/h4-6,15H,7-8H2,1-3H3,(H,14,17)(H,16,18). The molecule has 0 saturated carbocycles. The fourth-order valence-corrected chi connectivity index (χ4v) is 1.49. The Morgan fingerprint density at radius 3 is 2.53 bits per heavy atom. The van der Waals surface area contributed by atoms with Gasteiger partial charge in [-0.25, -0.2) is 0 Å². The SMILES string of the molecule is CNC(=O)CNCC(=O)Nc1cc(C)ccc1OC. The third-order valence-electron chi connectivity index (χ3n) is 2.48. The Bertz CT molecular complexity index is 460. The fourth-order valence-electron chi connectivity index (χ4n) is 1.49. The van der Waals surface area contributed by atoms with Gasteiger partial charge in [0.15, 0.2) is 0 Å². The van der Waals surface area contributed by atoms with E-state index in [2.05, 4.69) is 16.0 Å². The van der Waals surface area contributed by atoms with Gasteiger partial charge in [0.05, 0.1) is 25.9 Å². The molecule has 1 aromatic rings. The van der Waals surface area contributed by atoms with E-state index in [0.29, 0.717) is 11.4 Å². The van der Waals surface area contributed by atoms with Crippen LogP contribution in [0.25, 0.3) is 0 Å². The van der Waals surface area contributed by atoms with Gasteiger partial charge in [0, 0.05) is 7.05 Å². The molecule has 6 heteroatoms. The molecule has 0 bridgehead atoms. The van der Waals surface area contributed by atoms with Crippen LogP contribution in [0.5, 0.6) is 5.75 Å². The highest BCUT2D eigenvalue weighted by Crippen LogP contribution is 2.24. The third kappa shape index (κ3) is 4.97. The van der Waals surface area contributed by atoms with E-state index in [1.165, 1.54) is 0 Å². The molecule has 0 fully saturated rings. The Kier molecular flexibility index (Phi) is 5.81. The van der Waals surface area contributed by atoms with Crippen LogP contribution in [-0.4, -0.2) is 39.1 Å². The summed E-state index contributed by atoms with van der Waals surface area (Å²) in [5.41, 5.74) is 1.64. The summed E-state index contributed by atoms with van der Waals surface area (Å²) in [5.74, 6) is 0.207. The Labute approximate surface area is 112 Å². The van der Waals surface area contributed by atoms with Crippen molar-refractivity contribution in [1.82, 2.24) is 10.6 Å². The predicted molar refractivity (Wildman–Crippen MR) is 73.3 cm³/mol. The van der Waals surface area contributed by atoms with Crippen LogP contribution in [0.15, 0.2) is 18.2 Å². The smallest absolute Gasteiger partial charge is 0.238 e. The quantitative estimate of drug-likeness (QED) is 0.690. The van der Waals surface area contributed by atoms with Crippen LogP contribution in [0.3, 0.4) is 0 Å². The topological polar surface area (TPSA) is 79.5 Å². The Morgan fingerprint density at radius 1 is 1.21 bits per heavy atom. The second-order valence-corrected chi connectivity index (χ2v) is 4.03. The Balaban J connectivity index is 2.52. The number of hydrogen-bond donors (Lipinski definition) is 3. The molecule has 0 radical (unpaired) electrons. The zero-order chi connectivity index (χ0) is 14.3. The lowest BCUT2D eigenvalue weighted by atomic mass is 10.2. The van der Waals surface area contributed by atoms with Crippen molar-refractivity contribution < 1.29 is 14.3 Å². The molecule has 0 atom stereocenters. The molecular formula is C13H19N3O3. The maximum absolute atomic E-state index is 11.7. The molecule has 104 valence electrons. The maximum atomic E-state index is 11.7. The number of amides is 2. The lowest BCUT2D eigenvalue weighted by Crippen LogP contribution is -2.36. The molecule has 0 aliphatic carbocycles. The number of benzene rings is 1. The molecule has 0 spiro atoms. The first-order chi connectivity index (χ1) is 9.06. The van der Waals surface area contributed by atoms with Crippen LogP contribution in [0.2, 0.25) is 0 Å². The second kappa shape index (κ2) is 7.38. The number of methoxy groups -OCH3 is 1. The van der Waals surface area contributed by atoms with Gasteiger partial charge in [0.2, 0.25) is 11.8 Å². The van der Waals surface area contributed by atoms with E-state index < -0.39 is 0 Å². The number of hydrogen-bond acceptors (Lipinski definition) is 4. The van der Waals surface area contributed by atoms with Gasteiger partial charge >= 0.3 is 0 Å². The van der Waals surface area contributed by atoms with Gasteiger partial charge < -0.3 is 15.4 Å². The maximum Gasteiger partial charge on any atom is 0.238 e. The first-order valence-corrected chi connectivity index (χ1v) is 5.92. The van der Waals surface area contributed by atoms with Crippen molar-refractivity contribution in [3.8, 4) is 5.75 Å². The summed E-state index contributed by atoms with van der Waals surface area (Å²) in [6, 6.07) is 5.52. The normalized spacial score (nSPS) is 9.84. The summed E-state index contributed by atoms with van der Waals surface area (Å²) in [7, 11) is 3.09. The summed E-state index contributed by atoms with van der Waals surface area (Å²) >= 11 is 0. The van der Waals surface area contributed by atoms with Crippen LogP contribution in [-0.2, 0) is 9.59 Å². The van der Waals surface area contributed by atoms with E-state index in [-0.39, 0.29) is 24.9 Å². The Hall–Kier alpha value is -2.08. The summed E-state index contributed by atoms with van der Waals surface area (Å²) in [6.07, 6.45) is 0. The van der Waals surface area contributed by atoms with E-state index in [1.807, 2.05) is 19.1 Å². The highest BCUT2D eigenvalue weighted by atomic mass is 16.5. The van der Waals surface area contributed by atoms with Crippen molar-refractivity contribution in [2.45, 2.75) is 6.92 Å². The molecule has 0 saturated heterocycles. The van der Waals surface area contributed by atoms with Gasteiger partial charge in [-0.05, 0) is 24.6 Å². The molecule has 0 aliphatic rings. The lowest BCUT2D eigenvalue weighted by Gasteiger charge is -2.11. The molecule has 1 aromatic carbocycles. The minimum atomic E-state index is -0.229. The Morgan fingerprint density at radius 2 is 1.89 bits per heavy atom. The average Bonchev–Trinajstić information content (AvgIpc) is 2.38. The number of carbonyl (C=O) groups excluding carboxylic acids is 2. The lowest BCUT2D eigenvalue weighted by molar-refractivity contribution is -0.119. The summed E-state index contributed by atoms with van der Waals surface area (Å²) < 4.78 is 5.16. The third-order valence-corrected chi connectivity index (χ3v) is 2.48. The summed E-state index contributed by atoms with van der Waals surface area (Å²) in [5, 5.41) is 7.94. The molecule has 0 heterocycles. The molecule has 0 unspecified atom stereocenters. The molecule has 2 amide bonds. The predicted octanol–water partition coefficient (Wildman–Crippen LogP) is 0.278. The number of anilines is 1. The first kappa shape index (κ1) is 15.0. The van der Waals surface area contributed by atoms with Crippen molar-refractivity contribution in [3.05, 3.63) is 23.8 Å². The van der Waals surface area contributed by atoms with Crippen molar-refractivity contribution in [2.24, 2.45) is 0 Å². The van der Waals surface area contributed by atoms with E-state index in [9.17, 15) is 9.59 Å². The van der Waals surface area contributed by atoms with Crippen molar-refractivity contribution in [1.29, 1.82) is 0 Å². The van der Waals surface area contributed by atoms with Gasteiger partial charge in [-0.2, -0.15) is 0 Å². The van der Waals surface area contributed by atoms with Gasteiger partial charge in [-0.15, -0.1) is 0 Å². The monoisotopic (exact) mass is 265 g/mol. The highest BCUT2D eigenvalue weighted by molar-refractivity contribution is 5.94. The van der Waals surface area contributed by atoms with E-state index in [4.69, 9.17) is 4.74 Å². The number of nitrogens with one attached hydrogen (secondary N) is 3. The summed E-state index contributed by atoms with van der Waals surface area (Å²) in [6.45, 7) is 2.10. The molecule has 0 aliphatic heterocycles. The zero-order valence-electron chi connectivity index (χ0n) is 11.4. The molecule has 0 aromatic heterocycles. The van der Waals surface area contributed by atoms with Gasteiger partial charge in [0.25, 0.3) is 0 Å². The number of rotatable bonds is 6. The minimum Gasteiger partial charge on any atom is -0.495 e. The number of carbonyl (C=O) groups is 2. The van der Waals surface area contributed by atoms with Crippen molar-refractivity contribution in [3.63, 3.8) is 0 Å². The largest absolute Gasteiger partial charge is 0.495 e. The molecule has 19 heavy (non-hydrogen) atoms. The minimum absolute atomic E-state index is 0.0600. The molecule has 1 rings (SSSR count). The van der Waals surface area contributed by atoms with Gasteiger partial charge in [-0.3, -0.25) is 14.9 Å². The van der Waals surface area contributed by atoms with Crippen LogP contribution in [0.4, 0.5) is 5.69 Å². The van der Waals surface area contributed by atoms with Crippen LogP contribution >= 0.6 is 0 Å². The van der Waals surface area contributed by atoms with E-state index in [1.54, 1.807) is 20.2 Å². The van der Waals surface area contributed by atoms with E-state index in [0.717, 1.165) is 5.56 Å². The summed E-state index contributed by atoms with van der Waals surface area (Å²) in [4.78, 5) is 22.7. The van der Waals surface area contributed by atoms with Crippen molar-refractivity contribution in [2.75, 3.05) is 32.6 Å². The second-order valence-electron chi connectivity index (χ2n) is 4.03. The molecule has 6 nitrogen and oxygen atoms in total. The van der Waals surface area contributed by atoms with Crippen LogP contribution < -0.4 is 20.7 Å². The van der Waals surface area contributed by atoms with Crippen LogP contribution in [0, 0.1) is 6.92 Å². The first-order valence-electron chi connectivity index (χ1n) is 5.92. The van der Waals surface area contributed by atoms with E-state index >= 15 is 0 Å². The van der Waals surface area contributed by atoms with Crippen molar-refractivity contribution >= 4 is 17.5 Å². The van der Waals surface area contributed by atoms with Crippen LogP contribution in [0.1, 0.15) is 5.56 Å². The molecule has 3 N–H and O–H groups in total. The zero-order valence-corrected chi connectivity index (χ0v) is 11.4. The number of aryl methyl sites for hydroxylation is 1. The molecular weight excluding hydrogens is 246 g/mol. The van der Waals surface area contributed by atoms with Gasteiger partial charge in [0.1, 0.15) is 5.75 Å². The number of likely N-dealkylation sites (N-methyl/N-ethyl adjacent to an activating group) is 1. The average molecular weight is 265 g/mol. The fraction of sp³-hybridized carbons (Fsp3) is 0.385. The van der Waals surface area contributed by atoms with Gasteiger partial charge in [-0.1, -0.05) is 6.07 Å². The highest BCUT2D eigenvalue weighted by Gasteiger charge is 2.08.